The predicted molar refractivity (Wildman–Crippen MR) is 70.1 cm³/mol. The van der Waals surface area contributed by atoms with Crippen molar-refractivity contribution in [1.29, 1.82) is 0 Å². The molecule has 0 aliphatic carbocycles. The largest absolute Gasteiger partial charge is 0.275 e. The molecule has 4 heteroatoms. The van der Waals surface area contributed by atoms with E-state index >= 15 is 0 Å². The Morgan fingerprint density at radius 1 is 1.07 bits per heavy atom. The first-order valence-electron chi connectivity index (χ1n) is 5.18. The van der Waals surface area contributed by atoms with Crippen LogP contribution in [0.2, 0.25) is 6.04 Å². The zero-order valence-corrected chi connectivity index (χ0v) is 11.6. The monoisotopic (exact) mass is 278 g/mol. The Balaban J connectivity index is 2.40. The minimum Gasteiger partial charge on any atom is -0.144 e. The molecule has 0 amide bonds. The lowest BCUT2D eigenvalue weighted by molar-refractivity contribution is 0.608. The highest BCUT2D eigenvalue weighted by Gasteiger charge is 2.53. The zero-order chi connectivity index (χ0) is 10.9. The molecule has 0 bridgehead atoms. The van der Waals surface area contributed by atoms with Crippen molar-refractivity contribution >= 4 is 40.5 Å². The van der Waals surface area contributed by atoms with Gasteiger partial charge in [0.15, 0.2) is 0 Å². The molecule has 0 saturated carbocycles. The normalized spacial score (nSPS) is 30.1. The van der Waals surface area contributed by atoms with E-state index in [1.807, 2.05) is 30.3 Å². The van der Waals surface area contributed by atoms with Crippen LogP contribution in [0.25, 0.3) is 0 Å². The lowest BCUT2D eigenvalue weighted by Gasteiger charge is -2.40. The number of hydrogen-bond donors (Lipinski definition) is 0. The van der Waals surface area contributed by atoms with E-state index in [-0.39, 0.29) is 0 Å². The molecule has 1 unspecified atom stereocenters. The molecule has 1 aromatic rings. The van der Waals surface area contributed by atoms with Gasteiger partial charge in [0.25, 0.3) is 6.69 Å². The van der Waals surface area contributed by atoms with E-state index < -0.39 is 11.2 Å². The summed E-state index contributed by atoms with van der Waals surface area (Å²) in [5.41, 5.74) is 1.09. The van der Waals surface area contributed by atoms with Crippen molar-refractivity contribution in [2.45, 2.75) is 29.8 Å². The average Bonchev–Trinajstić information content (AvgIpc) is 2.24. The van der Waals surface area contributed by atoms with Crippen LogP contribution in [0.1, 0.15) is 24.8 Å². The molecule has 2 rings (SSSR count). The van der Waals surface area contributed by atoms with Gasteiger partial charge in [-0.05, 0) is 18.0 Å². The van der Waals surface area contributed by atoms with Gasteiger partial charge in [0.1, 0.15) is 0 Å². The van der Waals surface area contributed by atoms with Gasteiger partial charge in [-0.2, -0.15) is 0 Å². The maximum Gasteiger partial charge on any atom is 0.275 e. The van der Waals surface area contributed by atoms with Crippen molar-refractivity contribution in [3.8, 4) is 0 Å². The Bertz CT molecular complexity index is 339. The summed E-state index contributed by atoms with van der Waals surface area (Å²) in [7, 11) is 0. The summed E-state index contributed by atoms with van der Waals surface area (Å²) in [4.78, 5) is 0. The Kier molecular flexibility index (Phi) is 3.37. The maximum absolute atomic E-state index is 6.69. The van der Waals surface area contributed by atoms with Crippen molar-refractivity contribution in [2.24, 2.45) is 0 Å². The molecular formula is C11H13Cl3Si. The first kappa shape index (κ1) is 11.8. The molecule has 0 nitrogen and oxygen atoms in total. The summed E-state index contributed by atoms with van der Waals surface area (Å²) in [5, 5.41) is 0. The van der Waals surface area contributed by atoms with Gasteiger partial charge in [0.05, 0.1) is 4.50 Å². The van der Waals surface area contributed by atoms with Crippen LogP contribution in [0.3, 0.4) is 0 Å². The quantitative estimate of drug-likeness (QED) is 0.395. The van der Waals surface area contributed by atoms with Gasteiger partial charge in [-0.25, -0.2) is 0 Å². The van der Waals surface area contributed by atoms with Crippen LogP contribution in [0.5, 0.6) is 0 Å². The van der Waals surface area contributed by atoms with Crippen molar-refractivity contribution in [3.63, 3.8) is 0 Å². The number of halogens is 3. The number of rotatable bonds is 1. The highest BCUT2D eigenvalue weighted by Crippen LogP contribution is 2.52. The van der Waals surface area contributed by atoms with E-state index in [1.54, 1.807) is 0 Å². The first-order chi connectivity index (χ1) is 7.06. The molecular weight excluding hydrogens is 267 g/mol. The standard InChI is InChI=1S/C11H13Cl3Si/c12-11(10-6-2-1-3-7-10)8-4-5-9-15(11,13)14/h1-3,6-7H,4-5,8-9H2. The van der Waals surface area contributed by atoms with Crippen LogP contribution >= 0.6 is 33.8 Å². The molecule has 1 heterocycles. The molecule has 0 spiro atoms. The van der Waals surface area contributed by atoms with Crippen LogP contribution in [-0.2, 0) is 4.50 Å². The van der Waals surface area contributed by atoms with Crippen molar-refractivity contribution < 1.29 is 0 Å². The Morgan fingerprint density at radius 3 is 2.33 bits per heavy atom. The van der Waals surface area contributed by atoms with Crippen molar-refractivity contribution in [1.82, 2.24) is 0 Å². The summed E-state index contributed by atoms with van der Waals surface area (Å²) < 4.78 is -0.490. The fourth-order valence-corrected chi connectivity index (χ4v) is 6.94. The highest BCUT2D eigenvalue weighted by molar-refractivity contribution is 7.47. The molecule has 1 saturated heterocycles. The number of alkyl halides is 1. The number of benzene rings is 1. The molecule has 0 radical (unpaired) electrons. The first-order valence-corrected chi connectivity index (χ1v) is 9.79. The molecule has 0 aromatic heterocycles. The average molecular weight is 280 g/mol. The Labute approximate surface area is 106 Å². The van der Waals surface area contributed by atoms with Gasteiger partial charge in [-0.15, -0.1) is 33.8 Å². The van der Waals surface area contributed by atoms with Crippen molar-refractivity contribution in [2.75, 3.05) is 0 Å². The smallest absolute Gasteiger partial charge is 0.144 e. The fraction of sp³-hybridized carbons (Fsp3) is 0.455. The summed E-state index contributed by atoms with van der Waals surface area (Å²) in [5.74, 6) is 0. The predicted octanol–water partition coefficient (Wildman–Crippen LogP) is 4.76. The minimum atomic E-state index is -2.38. The molecule has 1 aromatic carbocycles. The van der Waals surface area contributed by atoms with Gasteiger partial charge in [-0.3, -0.25) is 0 Å². The highest BCUT2D eigenvalue weighted by atomic mass is 35.7. The van der Waals surface area contributed by atoms with E-state index in [2.05, 4.69) is 0 Å². The summed E-state index contributed by atoms with van der Waals surface area (Å²) in [6.45, 7) is -2.38. The Morgan fingerprint density at radius 2 is 1.73 bits per heavy atom. The zero-order valence-electron chi connectivity index (χ0n) is 8.35. The second-order valence-corrected chi connectivity index (χ2v) is 12.3. The van der Waals surface area contributed by atoms with Gasteiger partial charge >= 0.3 is 0 Å². The third-order valence-corrected chi connectivity index (χ3v) is 10.8. The molecule has 1 aliphatic heterocycles. The number of hydrogen-bond acceptors (Lipinski definition) is 0. The minimum absolute atomic E-state index is 0.490. The summed E-state index contributed by atoms with van der Waals surface area (Å²) in [6.07, 6.45) is 3.13. The topological polar surface area (TPSA) is 0 Å². The lowest BCUT2D eigenvalue weighted by atomic mass is 10.1. The van der Waals surface area contributed by atoms with Crippen LogP contribution < -0.4 is 0 Å². The van der Waals surface area contributed by atoms with Crippen LogP contribution in [0.15, 0.2) is 30.3 Å². The van der Waals surface area contributed by atoms with Crippen molar-refractivity contribution in [3.05, 3.63) is 35.9 Å². The SMILES string of the molecule is ClC1(c2ccccc2)CCCC[Si]1(Cl)Cl. The molecule has 82 valence electrons. The molecule has 15 heavy (non-hydrogen) atoms. The van der Waals surface area contributed by atoms with Gasteiger partial charge in [-0.1, -0.05) is 43.2 Å². The summed E-state index contributed by atoms with van der Waals surface area (Å²) in [6, 6.07) is 10.9. The van der Waals surface area contributed by atoms with Crippen LogP contribution in [0, 0.1) is 0 Å². The third-order valence-electron chi connectivity index (χ3n) is 3.07. The molecule has 1 atom stereocenters. The third kappa shape index (κ3) is 2.08. The van der Waals surface area contributed by atoms with E-state index in [4.69, 9.17) is 33.8 Å². The van der Waals surface area contributed by atoms with Crippen LogP contribution in [0.4, 0.5) is 0 Å². The second-order valence-electron chi connectivity index (χ2n) is 4.08. The fourth-order valence-electron chi connectivity index (χ4n) is 2.15. The van der Waals surface area contributed by atoms with Gasteiger partial charge in [0.2, 0.25) is 0 Å². The van der Waals surface area contributed by atoms with Gasteiger partial charge in [0, 0.05) is 0 Å². The van der Waals surface area contributed by atoms with E-state index in [9.17, 15) is 0 Å². The molecule has 0 N–H and O–H groups in total. The van der Waals surface area contributed by atoms with E-state index in [1.165, 1.54) is 0 Å². The molecule has 1 fully saturated rings. The van der Waals surface area contributed by atoms with Crippen LogP contribution in [-0.4, -0.2) is 6.69 Å². The van der Waals surface area contributed by atoms with E-state index in [0.29, 0.717) is 0 Å². The summed E-state index contributed by atoms with van der Waals surface area (Å²) >= 11 is 19.7. The second kappa shape index (κ2) is 4.29. The van der Waals surface area contributed by atoms with Gasteiger partial charge < -0.3 is 0 Å². The maximum atomic E-state index is 6.69. The molecule has 1 aliphatic rings. The Hall–Kier alpha value is 0.307. The lowest BCUT2D eigenvalue weighted by Crippen LogP contribution is -2.46. The van der Waals surface area contributed by atoms with E-state index in [0.717, 1.165) is 30.9 Å².